The zero-order valence-corrected chi connectivity index (χ0v) is 18.4. The summed E-state index contributed by atoms with van der Waals surface area (Å²) in [7, 11) is -4.30. The summed E-state index contributed by atoms with van der Waals surface area (Å²) < 4.78 is 28.2. The van der Waals surface area contributed by atoms with E-state index in [-0.39, 0.29) is 11.6 Å². The summed E-state index contributed by atoms with van der Waals surface area (Å²) in [6.07, 6.45) is 0. The van der Waals surface area contributed by atoms with Gasteiger partial charge in [0.1, 0.15) is 7.14 Å². The molecule has 1 heterocycles. The molecular formula is C24H25O2PS. The highest BCUT2D eigenvalue weighted by Gasteiger charge is 2.43. The van der Waals surface area contributed by atoms with Crippen molar-refractivity contribution in [3.63, 3.8) is 0 Å². The maximum Gasteiger partial charge on any atom is 0.148 e. The fraction of sp³-hybridized carbons (Fsp3) is 0.250. The Morgan fingerprint density at radius 2 is 1.43 bits per heavy atom. The number of rotatable bonds is 3. The van der Waals surface area contributed by atoms with Gasteiger partial charge in [-0.3, -0.25) is 0 Å². The molecule has 0 fully saturated rings. The summed E-state index contributed by atoms with van der Waals surface area (Å²) in [4.78, 5) is 1.40. The number of hydrogen-bond donors (Lipinski definition) is 0. The van der Waals surface area contributed by atoms with Crippen LogP contribution in [0.3, 0.4) is 0 Å². The highest BCUT2D eigenvalue weighted by molar-refractivity contribution is 7.91. The Morgan fingerprint density at radius 1 is 0.786 bits per heavy atom. The van der Waals surface area contributed by atoms with Crippen molar-refractivity contribution in [2.24, 2.45) is 0 Å². The van der Waals surface area contributed by atoms with Crippen molar-refractivity contribution in [3.8, 4) is 11.1 Å². The van der Waals surface area contributed by atoms with E-state index in [0.717, 1.165) is 27.3 Å². The maximum absolute atomic E-state index is 14.8. The first kappa shape index (κ1) is 19.4. The predicted octanol–water partition coefficient (Wildman–Crippen LogP) is 5.68. The Kier molecular flexibility index (Phi) is 4.93. The Balaban J connectivity index is 2.19. The second-order valence-electron chi connectivity index (χ2n) is 7.89. The van der Waals surface area contributed by atoms with Gasteiger partial charge in [-0.1, -0.05) is 76.2 Å². The van der Waals surface area contributed by atoms with E-state index in [0.29, 0.717) is 9.79 Å². The third-order valence-electron chi connectivity index (χ3n) is 5.54. The Bertz CT molecular complexity index is 1120. The third kappa shape index (κ3) is 2.76. The van der Waals surface area contributed by atoms with Crippen LogP contribution in [0, 0.1) is 0 Å². The van der Waals surface area contributed by atoms with Crippen LogP contribution >= 0.6 is 7.14 Å². The van der Waals surface area contributed by atoms with Gasteiger partial charge >= 0.3 is 0 Å². The quantitative estimate of drug-likeness (QED) is 0.523. The number of fused-ring (bicyclic) bond motifs is 2. The summed E-state index contributed by atoms with van der Waals surface area (Å²) in [6.45, 7) is 8.35. The van der Waals surface area contributed by atoms with E-state index in [2.05, 4.69) is 32.0 Å². The summed E-state index contributed by atoms with van der Waals surface area (Å²) in [5, 5.41) is 1.56. The molecule has 0 saturated heterocycles. The van der Waals surface area contributed by atoms with Crippen LogP contribution in [0.4, 0.5) is 0 Å². The second-order valence-corrected chi connectivity index (χ2v) is 12.6. The Morgan fingerprint density at radius 3 is 2.07 bits per heavy atom. The molecule has 3 aromatic carbocycles. The van der Waals surface area contributed by atoms with Crippen molar-refractivity contribution < 1.29 is 8.77 Å². The molecule has 3 aromatic rings. The smallest absolute Gasteiger partial charge is 0.148 e. The number of hydrogen-bond acceptors (Lipinski definition) is 2. The third-order valence-corrected chi connectivity index (χ3v) is 11.0. The van der Waals surface area contributed by atoms with E-state index in [4.69, 9.17) is 0 Å². The summed E-state index contributed by atoms with van der Waals surface area (Å²) >= 11 is 0. The fourth-order valence-electron chi connectivity index (χ4n) is 4.12. The number of benzene rings is 3. The van der Waals surface area contributed by atoms with Gasteiger partial charge in [-0.05, 0) is 40.8 Å². The largest absolute Gasteiger partial charge is 0.313 e. The monoisotopic (exact) mass is 408 g/mol. The SMILES string of the molecule is CC(C)c1ccc2c(c1-c1ccccc1)P(=O)(C(C)C)c1ccccc1S2=O. The molecule has 2 nitrogen and oxygen atoms in total. The molecule has 2 atom stereocenters. The summed E-state index contributed by atoms with van der Waals surface area (Å²) in [5.41, 5.74) is 3.13. The minimum absolute atomic E-state index is 0.0745. The molecule has 2 unspecified atom stereocenters. The zero-order chi connectivity index (χ0) is 20.1. The first-order valence-corrected chi connectivity index (χ1v) is 12.6. The lowest BCUT2D eigenvalue weighted by atomic mass is 9.92. The first-order valence-electron chi connectivity index (χ1n) is 9.71. The van der Waals surface area contributed by atoms with E-state index in [9.17, 15) is 8.77 Å². The molecule has 0 spiro atoms. The van der Waals surface area contributed by atoms with Crippen LogP contribution in [0.2, 0.25) is 0 Å². The van der Waals surface area contributed by atoms with Crippen LogP contribution in [-0.2, 0) is 15.4 Å². The average Bonchev–Trinajstić information content (AvgIpc) is 2.71. The highest BCUT2D eigenvalue weighted by atomic mass is 32.2. The van der Waals surface area contributed by atoms with Crippen molar-refractivity contribution in [3.05, 3.63) is 72.3 Å². The lowest BCUT2D eigenvalue weighted by Crippen LogP contribution is -2.34. The minimum atomic E-state index is -2.97. The molecule has 0 amide bonds. The molecule has 144 valence electrons. The fourth-order valence-corrected chi connectivity index (χ4v) is 9.61. The van der Waals surface area contributed by atoms with E-state index < -0.39 is 17.9 Å². The van der Waals surface area contributed by atoms with Crippen LogP contribution in [0.1, 0.15) is 39.2 Å². The molecule has 1 aliphatic heterocycles. The van der Waals surface area contributed by atoms with Gasteiger partial charge in [-0.25, -0.2) is 4.21 Å². The Labute approximate surface area is 169 Å². The Hall–Kier alpha value is -1.96. The van der Waals surface area contributed by atoms with Gasteiger partial charge in [0.15, 0.2) is 0 Å². The van der Waals surface area contributed by atoms with Crippen LogP contribution in [-0.4, -0.2) is 9.87 Å². The van der Waals surface area contributed by atoms with E-state index in [1.165, 1.54) is 0 Å². The standard InChI is InChI=1S/C24H25O2PS/c1-16(2)19-14-15-22-24(23(19)18-10-6-5-7-11-18)27(25,17(3)4)20-12-8-9-13-21(20)28(22)26/h5-17H,1-4H3. The average molecular weight is 409 g/mol. The minimum Gasteiger partial charge on any atom is -0.313 e. The zero-order valence-electron chi connectivity index (χ0n) is 16.7. The maximum atomic E-state index is 14.8. The molecule has 4 heteroatoms. The lowest BCUT2D eigenvalue weighted by molar-refractivity contribution is 0.580. The molecule has 0 radical (unpaired) electrons. The second kappa shape index (κ2) is 7.13. The van der Waals surface area contributed by atoms with Crippen molar-refractivity contribution in [2.45, 2.75) is 49.1 Å². The molecule has 0 N–H and O–H groups in total. The summed E-state index contributed by atoms with van der Waals surface area (Å²) in [5.74, 6) is 0.270. The first-order chi connectivity index (χ1) is 13.4. The molecule has 0 aromatic heterocycles. The van der Waals surface area contributed by atoms with Crippen LogP contribution in [0.5, 0.6) is 0 Å². The van der Waals surface area contributed by atoms with Gasteiger partial charge in [0.25, 0.3) is 0 Å². The lowest BCUT2D eigenvalue weighted by Gasteiger charge is -2.34. The molecule has 0 saturated carbocycles. The van der Waals surface area contributed by atoms with Crippen LogP contribution in [0.15, 0.2) is 76.5 Å². The van der Waals surface area contributed by atoms with Gasteiger partial charge in [-0.15, -0.1) is 0 Å². The van der Waals surface area contributed by atoms with Gasteiger partial charge < -0.3 is 4.57 Å². The summed E-state index contributed by atoms with van der Waals surface area (Å²) in [6, 6.07) is 21.7. The van der Waals surface area contributed by atoms with Gasteiger partial charge in [-0.2, -0.15) is 0 Å². The van der Waals surface area contributed by atoms with Gasteiger partial charge in [0.05, 0.1) is 20.6 Å². The predicted molar refractivity (Wildman–Crippen MR) is 119 cm³/mol. The molecule has 0 bridgehead atoms. The highest BCUT2D eigenvalue weighted by Crippen LogP contribution is 2.56. The van der Waals surface area contributed by atoms with E-state index >= 15 is 0 Å². The van der Waals surface area contributed by atoms with Gasteiger partial charge in [0.2, 0.25) is 0 Å². The normalized spacial score (nSPS) is 20.9. The molecular weight excluding hydrogens is 383 g/mol. The van der Waals surface area contributed by atoms with Crippen molar-refractivity contribution >= 4 is 28.6 Å². The van der Waals surface area contributed by atoms with Crippen molar-refractivity contribution in [2.75, 3.05) is 0 Å². The van der Waals surface area contributed by atoms with Crippen molar-refractivity contribution in [1.29, 1.82) is 0 Å². The van der Waals surface area contributed by atoms with E-state index in [1.807, 2.05) is 62.4 Å². The topological polar surface area (TPSA) is 34.1 Å². The molecule has 0 aliphatic carbocycles. The molecule has 1 aliphatic rings. The van der Waals surface area contributed by atoms with Crippen LogP contribution < -0.4 is 10.6 Å². The van der Waals surface area contributed by atoms with Crippen LogP contribution in [0.25, 0.3) is 11.1 Å². The van der Waals surface area contributed by atoms with Crippen molar-refractivity contribution in [1.82, 2.24) is 0 Å². The van der Waals surface area contributed by atoms with Gasteiger partial charge in [0, 0.05) is 16.3 Å². The molecule has 28 heavy (non-hydrogen) atoms. The molecule has 4 rings (SSSR count). The van der Waals surface area contributed by atoms with E-state index in [1.54, 1.807) is 0 Å².